The van der Waals surface area contributed by atoms with Gasteiger partial charge in [-0.2, -0.15) is 0 Å². The number of nitrogen functional groups attached to an aromatic ring is 1. The Bertz CT molecular complexity index is 526. The van der Waals surface area contributed by atoms with Gasteiger partial charge in [0.25, 0.3) is 0 Å². The Morgan fingerprint density at radius 1 is 1.00 bits per heavy atom. The van der Waals surface area contributed by atoms with Gasteiger partial charge >= 0.3 is 0 Å². The molecule has 0 radical (unpaired) electrons. The average molecular weight is 282 g/mol. The quantitative estimate of drug-likeness (QED) is 0.853. The molecular formula is C14H13Cl2NO. The van der Waals surface area contributed by atoms with Crippen molar-refractivity contribution in [3.8, 4) is 5.75 Å². The first-order chi connectivity index (χ1) is 8.65. The van der Waals surface area contributed by atoms with Crippen LogP contribution in [0.5, 0.6) is 5.75 Å². The van der Waals surface area contributed by atoms with Crippen molar-refractivity contribution in [3.05, 3.63) is 58.1 Å². The van der Waals surface area contributed by atoms with Crippen molar-refractivity contribution in [1.29, 1.82) is 0 Å². The summed E-state index contributed by atoms with van der Waals surface area (Å²) >= 11 is 11.9. The Morgan fingerprint density at radius 2 is 1.72 bits per heavy atom. The van der Waals surface area contributed by atoms with Gasteiger partial charge in [-0.25, -0.2) is 0 Å². The first-order valence-corrected chi connectivity index (χ1v) is 6.33. The highest BCUT2D eigenvalue weighted by atomic mass is 35.5. The Hall–Kier alpha value is -1.38. The number of anilines is 1. The van der Waals surface area contributed by atoms with E-state index in [1.807, 2.05) is 24.3 Å². The van der Waals surface area contributed by atoms with Crippen LogP contribution in [0.15, 0.2) is 42.5 Å². The molecule has 0 atom stereocenters. The molecule has 0 spiro atoms. The average Bonchev–Trinajstić information content (AvgIpc) is 2.36. The molecule has 2 aromatic rings. The maximum Gasteiger partial charge on any atom is 0.139 e. The van der Waals surface area contributed by atoms with Gasteiger partial charge < -0.3 is 10.5 Å². The lowest BCUT2D eigenvalue weighted by Crippen LogP contribution is -2.01. The summed E-state index contributed by atoms with van der Waals surface area (Å²) in [5.74, 6) is 0.611. The summed E-state index contributed by atoms with van der Waals surface area (Å²) in [6.07, 6.45) is 0.795. The van der Waals surface area contributed by atoms with Crippen LogP contribution >= 0.6 is 23.2 Å². The minimum Gasteiger partial charge on any atom is -0.492 e. The second-order valence-corrected chi connectivity index (χ2v) is 4.76. The lowest BCUT2D eigenvalue weighted by atomic mass is 10.1. The standard InChI is InChI=1S/C14H13Cl2NO/c15-11-3-6-13(16)14(9-11)18-8-7-10-1-4-12(17)5-2-10/h1-6,9H,7-8,17H2. The summed E-state index contributed by atoms with van der Waals surface area (Å²) in [7, 11) is 0. The molecule has 94 valence electrons. The fraction of sp³-hybridized carbons (Fsp3) is 0.143. The van der Waals surface area contributed by atoms with Crippen molar-refractivity contribution in [2.75, 3.05) is 12.3 Å². The topological polar surface area (TPSA) is 35.2 Å². The van der Waals surface area contributed by atoms with Gasteiger partial charge in [0, 0.05) is 23.2 Å². The van der Waals surface area contributed by atoms with Crippen molar-refractivity contribution < 1.29 is 4.74 Å². The number of hydrogen-bond donors (Lipinski definition) is 1. The number of benzene rings is 2. The smallest absolute Gasteiger partial charge is 0.139 e. The Morgan fingerprint density at radius 3 is 2.44 bits per heavy atom. The Labute approximate surface area is 116 Å². The van der Waals surface area contributed by atoms with Gasteiger partial charge in [-0.1, -0.05) is 35.3 Å². The largest absolute Gasteiger partial charge is 0.492 e. The molecule has 0 bridgehead atoms. The maximum absolute atomic E-state index is 6.00. The Balaban J connectivity index is 1.92. The predicted molar refractivity (Wildman–Crippen MR) is 76.5 cm³/mol. The molecule has 2 nitrogen and oxygen atoms in total. The van der Waals surface area contributed by atoms with Gasteiger partial charge in [-0.05, 0) is 29.8 Å². The molecule has 4 heteroatoms. The van der Waals surface area contributed by atoms with Crippen LogP contribution in [0, 0.1) is 0 Å². The number of rotatable bonds is 4. The van der Waals surface area contributed by atoms with Crippen LogP contribution in [-0.4, -0.2) is 6.61 Å². The molecule has 0 aliphatic rings. The zero-order valence-electron chi connectivity index (χ0n) is 9.70. The van der Waals surface area contributed by atoms with Gasteiger partial charge in [0.05, 0.1) is 11.6 Å². The van der Waals surface area contributed by atoms with Gasteiger partial charge in [-0.15, -0.1) is 0 Å². The van der Waals surface area contributed by atoms with Crippen LogP contribution in [0.2, 0.25) is 10.0 Å². The molecule has 0 aromatic heterocycles. The summed E-state index contributed by atoms with van der Waals surface area (Å²) in [5, 5.41) is 1.18. The third-order valence-corrected chi connectivity index (χ3v) is 3.07. The molecule has 2 N–H and O–H groups in total. The first-order valence-electron chi connectivity index (χ1n) is 5.57. The maximum atomic E-state index is 6.00. The number of nitrogens with two attached hydrogens (primary N) is 1. The summed E-state index contributed by atoms with van der Waals surface area (Å²) in [5.41, 5.74) is 7.55. The SMILES string of the molecule is Nc1ccc(CCOc2cc(Cl)ccc2Cl)cc1. The zero-order valence-corrected chi connectivity index (χ0v) is 11.2. The molecule has 0 aliphatic carbocycles. The van der Waals surface area contributed by atoms with Crippen LogP contribution in [0.25, 0.3) is 0 Å². The molecule has 0 heterocycles. The van der Waals surface area contributed by atoms with Crippen LogP contribution in [0.1, 0.15) is 5.56 Å². The summed E-state index contributed by atoms with van der Waals surface area (Å²) in [4.78, 5) is 0. The van der Waals surface area contributed by atoms with E-state index in [0.717, 1.165) is 12.1 Å². The van der Waals surface area contributed by atoms with Crippen molar-refractivity contribution in [3.63, 3.8) is 0 Å². The molecule has 2 rings (SSSR count). The first kappa shape index (κ1) is 13.1. The molecule has 2 aromatic carbocycles. The number of halogens is 2. The van der Waals surface area contributed by atoms with E-state index in [0.29, 0.717) is 22.4 Å². The monoisotopic (exact) mass is 281 g/mol. The highest BCUT2D eigenvalue weighted by Crippen LogP contribution is 2.27. The molecule has 0 amide bonds. The molecule has 18 heavy (non-hydrogen) atoms. The minimum atomic E-state index is 0.546. The van der Waals surface area contributed by atoms with E-state index in [1.165, 1.54) is 5.56 Å². The lowest BCUT2D eigenvalue weighted by Gasteiger charge is -2.08. The van der Waals surface area contributed by atoms with Crippen LogP contribution in [-0.2, 0) is 6.42 Å². The third kappa shape index (κ3) is 3.56. The normalized spacial score (nSPS) is 10.3. The fourth-order valence-electron chi connectivity index (χ4n) is 1.55. The summed E-state index contributed by atoms with van der Waals surface area (Å²) in [6.45, 7) is 0.546. The summed E-state index contributed by atoms with van der Waals surface area (Å²) in [6, 6.07) is 12.9. The van der Waals surface area contributed by atoms with Gasteiger partial charge in [0.15, 0.2) is 0 Å². The molecule has 0 unspecified atom stereocenters. The molecule has 0 saturated heterocycles. The molecule has 0 saturated carbocycles. The van der Waals surface area contributed by atoms with Crippen LogP contribution in [0.4, 0.5) is 5.69 Å². The highest BCUT2D eigenvalue weighted by molar-refractivity contribution is 6.34. The van der Waals surface area contributed by atoms with E-state index in [4.69, 9.17) is 33.7 Å². The summed E-state index contributed by atoms with van der Waals surface area (Å²) < 4.78 is 5.60. The van der Waals surface area contributed by atoms with Gasteiger partial charge in [0.2, 0.25) is 0 Å². The second-order valence-electron chi connectivity index (χ2n) is 3.91. The van der Waals surface area contributed by atoms with Gasteiger partial charge in [0.1, 0.15) is 5.75 Å². The van der Waals surface area contributed by atoms with E-state index in [-0.39, 0.29) is 0 Å². The van der Waals surface area contributed by atoms with Crippen molar-refractivity contribution >= 4 is 28.9 Å². The van der Waals surface area contributed by atoms with Crippen LogP contribution < -0.4 is 10.5 Å². The minimum absolute atomic E-state index is 0.546. The van der Waals surface area contributed by atoms with E-state index < -0.39 is 0 Å². The van der Waals surface area contributed by atoms with E-state index >= 15 is 0 Å². The zero-order chi connectivity index (χ0) is 13.0. The lowest BCUT2D eigenvalue weighted by molar-refractivity contribution is 0.322. The molecule has 0 aliphatic heterocycles. The van der Waals surface area contributed by atoms with E-state index in [1.54, 1.807) is 18.2 Å². The predicted octanol–water partition coefficient (Wildman–Crippen LogP) is 4.20. The van der Waals surface area contributed by atoms with E-state index in [9.17, 15) is 0 Å². The van der Waals surface area contributed by atoms with Crippen LogP contribution in [0.3, 0.4) is 0 Å². The number of hydrogen-bond acceptors (Lipinski definition) is 2. The highest BCUT2D eigenvalue weighted by Gasteiger charge is 2.02. The number of ether oxygens (including phenoxy) is 1. The van der Waals surface area contributed by atoms with Crippen molar-refractivity contribution in [2.45, 2.75) is 6.42 Å². The van der Waals surface area contributed by atoms with Crippen molar-refractivity contribution in [2.24, 2.45) is 0 Å². The second kappa shape index (κ2) is 5.98. The van der Waals surface area contributed by atoms with Crippen molar-refractivity contribution in [1.82, 2.24) is 0 Å². The van der Waals surface area contributed by atoms with E-state index in [2.05, 4.69) is 0 Å². The third-order valence-electron chi connectivity index (χ3n) is 2.52. The Kier molecular flexibility index (Phi) is 4.34. The molecule has 0 fully saturated rings. The molecular weight excluding hydrogens is 269 g/mol. The van der Waals surface area contributed by atoms with Gasteiger partial charge in [-0.3, -0.25) is 0 Å². The fourth-order valence-corrected chi connectivity index (χ4v) is 1.89.